The zero-order valence-corrected chi connectivity index (χ0v) is 13.0. The van der Waals surface area contributed by atoms with Gasteiger partial charge in [0, 0.05) is 21.9 Å². The molecule has 2 aromatic carbocycles. The minimum atomic E-state index is -0.183. The predicted octanol–water partition coefficient (Wildman–Crippen LogP) is 4.95. The maximum Gasteiger partial charge on any atom is 0.306 e. The highest BCUT2D eigenvalue weighted by Gasteiger charge is 2.11. The van der Waals surface area contributed by atoms with Gasteiger partial charge in [-0.25, -0.2) is 0 Å². The average Bonchev–Trinajstić information content (AvgIpc) is 2.38. The van der Waals surface area contributed by atoms with Crippen LogP contribution in [0.3, 0.4) is 0 Å². The summed E-state index contributed by atoms with van der Waals surface area (Å²) >= 11 is 12.3. The van der Waals surface area contributed by atoms with Crippen LogP contribution in [0.1, 0.15) is 24.5 Å². The summed E-state index contributed by atoms with van der Waals surface area (Å²) in [5.74, 6) is -0.183. The van der Waals surface area contributed by atoms with Crippen molar-refractivity contribution in [3.63, 3.8) is 0 Å². The molecule has 2 aromatic rings. The molecule has 0 saturated heterocycles. The largest absolute Gasteiger partial charge is 0.466 e. The van der Waals surface area contributed by atoms with E-state index in [1.54, 1.807) is 6.92 Å². The van der Waals surface area contributed by atoms with Crippen LogP contribution >= 0.6 is 23.2 Å². The van der Waals surface area contributed by atoms with E-state index in [1.165, 1.54) is 0 Å². The number of carbonyl (C=O) groups excluding carboxylic acids is 1. The van der Waals surface area contributed by atoms with Gasteiger partial charge in [-0.3, -0.25) is 4.79 Å². The zero-order chi connectivity index (χ0) is 14.7. The highest BCUT2D eigenvalue weighted by atomic mass is 35.5. The Morgan fingerprint density at radius 1 is 1.20 bits per heavy atom. The van der Waals surface area contributed by atoms with E-state index in [0.29, 0.717) is 29.5 Å². The number of benzene rings is 2. The van der Waals surface area contributed by atoms with Gasteiger partial charge in [-0.15, -0.1) is 0 Å². The van der Waals surface area contributed by atoms with E-state index in [2.05, 4.69) is 0 Å². The van der Waals surface area contributed by atoms with Crippen molar-refractivity contribution >= 4 is 39.9 Å². The molecule has 0 radical (unpaired) electrons. The second-order valence-corrected chi connectivity index (χ2v) is 5.49. The SMILES string of the molecule is CCOC(=O)CCc1c(C)cc(Cl)c2ccc(Cl)cc12. The number of halogens is 2. The van der Waals surface area contributed by atoms with Crippen LogP contribution in [0.2, 0.25) is 10.0 Å². The van der Waals surface area contributed by atoms with Crippen LogP contribution < -0.4 is 0 Å². The van der Waals surface area contributed by atoms with Crippen LogP contribution in [0.5, 0.6) is 0 Å². The van der Waals surface area contributed by atoms with Crippen LogP contribution in [0, 0.1) is 6.92 Å². The normalized spacial score (nSPS) is 10.8. The molecule has 0 aliphatic carbocycles. The number of fused-ring (bicyclic) bond motifs is 1. The third kappa shape index (κ3) is 3.25. The van der Waals surface area contributed by atoms with Crippen molar-refractivity contribution in [1.29, 1.82) is 0 Å². The summed E-state index contributed by atoms with van der Waals surface area (Å²) in [6.07, 6.45) is 0.983. The van der Waals surface area contributed by atoms with Crippen molar-refractivity contribution < 1.29 is 9.53 Å². The first-order chi connectivity index (χ1) is 9.52. The van der Waals surface area contributed by atoms with Gasteiger partial charge >= 0.3 is 5.97 Å². The van der Waals surface area contributed by atoms with E-state index in [4.69, 9.17) is 27.9 Å². The Hall–Kier alpha value is -1.25. The molecular weight excluding hydrogens is 295 g/mol. The van der Waals surface area contributed by atoms with Crippen molar-refractivity contribution in [2.24, 2.45) is 0 Å². The van der Waals surface area contributed by atoms with Crippen LogP contribution in [0.4, 0.5) is 0 Å². The van der Waals surface area contributed by atoms with Gasteiger partial charge in [0.05, 0.1) is 6.61 Å². The standard InChI is InChI=1S/C16H16Cl2O2/c1-3-20-16(19)7-6-12-10(2)8-15(18)13-5-4-11(17)9-14(12)13/h4-5,8-9H,3,6-7H2,1-2H3. The third-order valence-corrected chi connectivity index (χ3v) is 3.82. The molecule has 0 aromatic heterocycles. The Labute approximate surface area is 128 Å². The fourth-order valence-corrected chi connectivity index (χ4v) is 2.83. The minimum Gasteiger partial charge on any atom is -0.466 e. The van der Waals surface area contributed by atoms with E-state index in [-0.39, 0.29) is 5.97 Å². The van der Waals surface area contributed by atoms with E-state index < -0.39 is 0 Å². The smallest absolute Gasteiger partial charge is 0.306 e. The molecule has 0 atom stereocenters. The third-order valence-electron chi connectivity index (χ3n) is 3.27. The van der Waals surface area contributed by atoms with Crippen molar-refractivity contribution in [2.45, 2.75) is 26.7 Å². The molecule has 106 valence electrons. The van der Waals surface area contributed by atoms with Gasteiger partial charge in [0.15, 0.2) is 0 Å². The summed E-state index contributed by atoms with van der Waals surface area (Å²) in [4.78, 5) is 11.5. The highest BCUT2D eigenvalue weighted by Crippen LogP contribution is 2.32. The number of ether oxygens (including phenoxy) is 1. The Kier molecular flexibility index (Phi) is 4.90. The molecule has 0 N–H and O–H groups in total. The molecule has 2 rings (SSSR count). The van der Waals surface area contributed by atoms with Crippen molar-refractivity contribution in [2.75, 3.05) is 6.61 Å². The van der Waals surface area contributed by atoms with Gasteiger partial charge in [-0.2, -0.15) is 0 Å². The number of rotatable bonds is 4. The van der Waals surface area contributed by atoms with Gasteiger partial charge < -0.3 is 4.74 Å². The molecule has 2 nitrogen and oxygen atoms in total. The summed E-state index contributed by atoms with van der Waals surface area (Å²) in [6, 6.07) is 7.56. The number of esters is 1. The fourth-order valence-electron chi connectivity index (χ4n) is 2.33. The van der Waals surface area contributed by atoms with Gasteiger partial charge in [0.2, 0.25) is 0 Å². The molecule has 0 saturated carbocycles. The van der Waals surface area contributed by atoms with Crippen LogP contribution in [-0.2, 0) is 16.0 Å². The molecule has 0 bridgehead atoms. The highest BCUT2D eigenvalue weighted by molar-refractivity contribution is 6.36. The van der Waals surface area contributed by atoms with Gasteiger partial charge in [0.1, 0.15) is 0 Å². The molecule has 4 heteroatoms. The van der Waals surface area contributed by atoms with Crippen LogP contribution in [0.15, 0.2) is 24.3 Å². The lowest BCUT2D eigenvalue weighted by Gasteiger charge is -2.12. The molecule has 0 fully saturated rings. The van der Waals surface area contributed by atoms with Crippen molar-refractivity contribution in [3.05, 3.63) is 45.4 Å². The second-order valence-electron chi connectivity index (χ2n) is 4.65. The first-order valence-corrected chi connectivity index (χ1v) is 7.31. The minimum absolute atomic E-state index is 0.183. The lowest BCUT2D eigenvalue weighted by Crippen LogP contribution is -2.06. The van der Waals surface area contributed by atoms with Crippen molar-refractivity contribution in [3.8, 4) is 0 Å². The summed E-state index contributed by atoms with van der Waals surface area (Å²) in [5.41, 5.74) is 2.16. The number of aryl methyl sites for hydroxylation is 2. The summed E-state index contributed by atoms with van der Waals surface area (Å²) in [5, 5.41) is 3.33. The Balaban J connectivity index is 2.41. The number of hydrogen-bond acceptors (Lipinski definition) is 2. The van der Waals surface area contributed by atoms with Crippen LogP contribution in [0.25, 0.3) is 10.8 Å². The molecule has 0 aliphatic heterocycles. The first kappa shape index (κ1) is 15.1. The Morgan fingerprint density at radius 3 is 2.65 bits per heavy atom. The van der Waals surface area contributed by atoms with Gasteiger partial charge in [0.25, 0.3) is 0 Å². The molecule has 20 heavy (non-hydrogen) atoms. The predicted molar refractivity (Wildman–Crippen MR) is 83.7 cm³/mol. The van der Waals surface area contributed by atoms with E-state index >= 15 is 0 Å². The van der Waals surface area contributed by atoms with E-state index in [1.807, 2.05) is 31.2 Å². The average molecular weight is 311 g/mol. The second kappa shape index (κ2) is 6.47. The Morgan fingerprint density at radius 2 is 1.95 bits per heavy atom. The summed E-state index contributed by atoms with van der Waals surface area (Å²) in [7, 11) is 0. The maximum atomic E-state index is 11.5. The van der Waals surface area contributed by atoms with E-state index in [9.17, 15) is 4.79 Å². The number of hydrogen-bond donors (Lipinski definition) is 0. The molecule has 0 unspecified atom stereocenters. The number of carbonyl (C=O) groups is 1. The lowest BCUT2D eigenvalue weighted by atomic mass is 9.96. The summed E-state index contributed by atoms with van der Waals surface area (Å²) in [6.45, 7) is 4.21. The fraction of sp³-hybridized carbons (Fsp3) is 0.312. The maximum absolute atomic E-state index is 11.5. The lowest BCUT2D eigenvalue weighted by molar-refractivity contribution is -0.143. The molecule has 0 amide bonds. The van der Waals surface area contributed by atoms with Gasteiger partial charge in [-0.1, -0.05) is 29.3 Å². The van der Waals surface area contributed by atoms with Crippen LogP contribution in [-0.4, -0.2) is 12.6 Å². The van der Waals surface area contributed by atoms with Gasteiger partial charge in [-0.05, 0) is 55.0 Å². The molecule has 0 heterocycles. The molecule has 0 spiro atoms. The molecular formula is C16H16Cl2O2. The topological polar surface area (TPSA) is 26.3 Å². The van der Waals surface area contributed by atoms with E-state index in [0.717, 1.165) is 21.9 Å². The zero-order valence-electron chi connectivity index (χ0n) is 11.5. The van der Waals surface area contributed by atoms with Crippen molar-refractivity contribution in [1.82, 2.24) is 0 Å². The Bertz CT molecular complexity index is 650. The monoisotopic (exact) mass is 310 g/mol. The summed E-state index contributed by atoms with van der Waals surface area (Å²) < 4.78 is 4.97. The first-order valence-electron chi connectivity index (χ1n) is 6.55. The quantitative estimate of drug-likeness (QED) is 0.747. The molecule has 0 aliphatic rings.